The summed E-state index contributed by atoms with van der Waals surface area (Å²) in [6.45, 7) is 0. The van der Waals surface area contributed by atoms with Gasteiger partial charge in [0.25, 0.3) is 0 Å². The molecule has 3 heterocycles. The second kappa shape index (κ2) is 11.4. The van der Waals surface area contributed by atoms with Crippen LogP contribution in [0.4, 0.5) is 0 Å². The number of fused-ring (bicyclic) bond motifs is 6. The van der Waals surface area contributed by atoms with Gasteiger partial charge in [-0.1, -0.05) is 121 Å². The molecule has 7 aromatic carbocycles. The maximum Gasteiger partial charge on any atom is 0.162 e. The van der Waals surface area contributed by atoms with Gasteiger partial charge in [0.1, 0.15) is 5.65 Å². The van der Waals surface area contributed by atoms with Gasteiger partial charge in [0, 0.05) is 38.7 Å². The molecule has 0 aliphatic carbocycles. The largest absolute Gasteiger partial charge is 0.309 e. The van der Waals surface area contributed by atoms with Crippen LogP contribution < -0.4 is 0 Å². The van der Waals surface area contributed by atoms with Crippen molar-refractivity contribution in [3.63, 3.8) is 0 Å². The maximum absolute atomic E-state index is 5.45. The second-order valence-corrected chi connectivity index (χ2v) is 12.6. The molecule has 4 heteroatoms. The van der Waals surface area contributed by atoms with Crippen molar-refractivity contribution in [2.45, 2.75) is 0 Å². The Hall–Kier alpha value is -6.78. The Balaban J connectivity index is 1.28. The van der Waals surface area contributed by atoms with E-state index < -0.39 is 0 Å². The molecule has 0 amide bonds. The van der Waals surface area contributed by atoms with Crippen molar-refractivity contribution < 1.29 is 0 Å². The highest BCUT2D eigenvalue weighted by atomic mass is 15.1. The van der Waals surface area contributed by atoms with E-state index in [1.54, 1.807) is 0 Å². The monoisotopic (exact) mass is 638 g/mol. The fourth-order valence-corrected chi connectivity index (χ4v) is 7.47. The second-order valence-electron chi connectivity index (χ2n) is 12.6. The molecule has 0 N–H and O–H groups in total. The zero-order valence-corrected chi connectivity index (χ0v) is 27.1. The summed E-state index contributed by atoms with van der Waals surface area (Å²) in [6, 6.07) is 64.2. The highest BCUT2D eigenvalue weighted by Crippen LogP contribution is 2.40. The van der Waals surface area contributed by atoms with Crippen molar-refractivity contribution >= 4 is 43.7 Å². The average molecular weight is 639 g/mol. The zero-order chi connectivity index (χ0) is 33.0. The van der Waals surface area contributed by atoms with E-state index in [1.165, 1.54) is 21.9 Å². The van der Waals surface area contributed by atoms with Crippen LogP contribution in [0.25, 0.3) is 88.9 Å². The lowest BCUT2D eigenvalue weighted by atomic mass is 9.99. The number of hydrogen-bond acceptors (Lipinski definition) is 2. The topological polar surface area (TPSA) is 35.6 Å². The summed E-state index contributed by atoms with van der Waals surface area (Å²) in [5.74, 6) is 0.691. The molecule has 3 aromatic heterocycles. The van der Waals surface area contributed by atoms with Gasteiger partial charge in [0.15, 0.2) is 5.82 Å². The van der Waals surface area contributed by atoms with Crippen LogP contribution in [0.2, 0.25) is 0 Å². The molecule has 0 saturated heterocycles. The number of rotatable bonds is 5. The number of nitrogens with zero attached hydrogens (tertiary/aromatic N) is 4. The van der Waals surface area contributed by atoms with Crippen LogP contribution in [-0.4, -0.2) is 19.1 Å². The molecule has 0 radical (unpaired) electrons. The van der Waals surface area contributed by atoms with Gasteiger partial charge in [-0.25, -0.2) is 9.97 Å². The fourth-order valence-electron chi connectivity index (χ4n) is 7.47. The van der Waals surface area contributed by atoms with Gasteiger partial charge in [-0.15, -0.1) is 0 Å². The summed E-state index contributed by atoms with van der Waals surface area (Å²) in [5, 5.41) is 4.53. The fraction of sp³-hybridized carbons (Fsp3) is 0. The molecule has 0 bridgehead atoms. The van der Waals surface area contributed by atoms with E-state index in [2.05, 4.69) is 191 Å². The molecule has 234 valence electrons. The molecule has 0 fully saturated rings. The van der Waals surface area contributed by atoms with E-state index in [4.69, 9.17) is 9.97 Å². The highest BCUT2D eigenvalue weighted by Gasteiger charge is 2.22. The minimum atomic E-state index is 0.691. The SMILES string of the molecule is c1ccc(-c2cccc(-c3nc(-c4ccc5c(c4)c4ccccc4n5-c4ccccc4)nc4c3c3ccccc3n4-c3ccccc3)c2)cc1. The summed E-state index contributed by atoms with van der Waals surface area (Å²) in [7, 11) is 0. The lowest BCUT2D eigenvalue weighted by molar-refractivity contribution is 1.11. The molecular weight excluding hydrogens is 609 g/mol. The Kier molecular flexibility index (Phi) is 6.46. The van der Waals surface area contributed by atoms with Crippen molar-refractivity contribution in [2.75, 3.05) is 0 Å². The third-order valence-corrected chi connectivity index (χ3v) is 9.72. The number of hydrogen-bond donors (Lipinski definition) is 0. The molecule has 0 aliphatic heterocycles. The summed E-state index contributed by atoms with van der Waals surface area (Å²) in [6.07, 6.45) is 0. The van der Waals surface area contributed by atoms with E-state index in [0.29, 0.717) is 5.82 Å². The van der Waals surface area contributed by atoms with E-state index in [-0.39, 0.29) is 0 Å². The lowest BCUT2D eigenvalue weighted by Crippen LogP contribution is -1.99. The highest BCUT2D eigenvalue weighted by molar-refractivity contribution is 6.14. The third kappa shape index (κ3) is 4.46. The van der Waals surface area contributed by atoms with Crippen molar-refractivity contribution in [1.82, 2.24) is 19.1 Å². The summed E-state index contributed by atoms with van der Waals surface area (Å²) < 4.78 is 4.62. The van der Waals surface area contributed by atoms with Crippen LogP contribution in [0.15, 0.2) is 182 Å². The van der Waals surface area contributed by atoms with Gasteiger partial charge in [-0.2, -0.15) is 0 Å². The molecule has 10 rings (SSSR count). The predicted octanol–water partition coefficient (Wildman–Crippen LogP) is 11.7. The molecule has 0 unspecified atom stereocenters. The Labute approximate surface area is 289 Å². The van der Waals surface area contributed by atoms with Crippen LogP contribution in [0, 0.1) is 0 Å². The Morgan fingerprint density at radius 3 is 1.64 bits per heavy atom. The molecule has 0 spiro atoms. The molecule has 0 aliphatic rings. The van der Waals surface area contributed by atoms with E-state index in [1.807, 2.05) is 0 Å². The number of para-hydroxylation sites is 4. The van der Waals surface area contributed by atoms with Crippen LogP contribution in [-0.2, 0) is 0 Å². The number of aromatic nitrogens is 4. The van der Waals surface area contributed by atoms with Crippen LogP contribution >= 0.6 is 0 Å². The van der Waals surface area contributed by atoms with Gasteiger partial charge in [-0.3, -0.25) is 4.57 Å². The first-order valence-corrected chi connectivity index (χ1v) is 16.9. The summed E-state index contributed by atoms with van der Waals surface area (Å²) >= 11 is 0. The minimum absolute atomic E-state index is 0.691. The number of benzene rings is 7. The van der Waals surface area contributed by atoms with Crippen molar-refractivity contribution in [1.29, 1.82) is 0 Å². The van der Waals surface area contributed by atoms with E-state index >= 15 is 0 Å². The Morgan fingerprint density at radius 2 is 0.900 bits per heavy atom. The first kappa shape index (κ1) is 28.3. The van der Waals surface area contributed by atoms with Crippen LogP contribution in [0.5, 0.6) is 0 Å². The summed E-state index contributed by atoms with van der Waals surface area (Å²) in [4.78, 5) is 10.9. The van der Waals surface area contributed by atoms with Gasteiger partial charge in [-0.05, 0) is 71.8 Å². The standard InChI is InChI=1S/C46H30N4/c1-4-15-31(16-5-1)32-17-14-18-33(29-32)44-43-38-24-11-13-26-41(38)50(36-21-8-3-9-22-36)46(43)48-45(47-44)34-27-28-42-39(30-34)37-23-10-12-25-40(37)49(42)35-19-6-2-7-20-35/h1-30H. The van der Waals surface area contributed by atoms with Crippen molar-refractivity contribution in [3.8, 4) is 45.1 Å². The third-order valence-electron chi connectivity index (χ3n) is 9.72. The smallest absolute Gasteiger partial charge is 0.162 e. The van der Waals surface area contributed by atoms with Gasteiger partial charge >= 0.3 is 0 Å². The van der Waals surface area contributed by atoms with Crippen LogP contribution in [0.3, 0.4) is 0 Å². The van der Waals surface area contributed by atoms with Crippen LogP contribution in [0.1, 0.15) is 0 Å². The first-order chi connectivity index (χ1) is 24.8. The van der Waals surface area contributed by atoms with Crippen molar-refractivity contribution in [3.05, 3.63) is 182 Å². The Bertz CT molecular complexity index is 2850. The molecular formula is C46H30N4. The van der Waals surface area contributed by atoms with E-state index in [9.17, 15) is 0 Å². The molecule has 10 aromatic rings. The average Bonchev–Trinajstić information content (AvgIpc) is 3.71. The van der Waals surface area contributed by atoms with Crippen molar-refractivity contribution in [2.24, 2.45) is 0 Å². The summed E-state index contributed by atoms with van der Waals surface area (Å²) in [5.41, 5.74) is 11.8. The zero-order valence-electron chi connectivity index (χ0n) is 27.1. The maximum atomic E-state index is 5.45. The molecule has 4 nitrogen and oxygen atoms in total. The molecule has 0 saturated carbocycles. The van der Waals surface area contributed by atoms with Gasteiger partial charge < -0.3 is 4.57 Å². The molecule has 50 heavy (non-hydrogen) atoms. The quantitative estimate of drug-likeness (QED) is 0.188. The lowest BCUT2D eigenvalue weighted by Gasteiger charge is -2.12. The Morgan fingerprint density at radius 1 is 0.340 bits per heavy atom. The van der Waals surface area contributed by atoms with Gasteiger partial charge in [0.05, 0.1) is 27.6 Å². The van der Waals surface area contributed by atoms with E-state index in [0.717, 1.165) is 61.2 Å². The minimum Gasteiger partial charge on any atom is -0.309 e. The molecule has 0 atom stereocenters. The normalized spacial score (nSPS) is 11.6. The first-order valence-electron chi connectivity index (χ1n) is 16.9. The predicted molar refractivity (Wildman–Crippen MR) is 207 cm³/mol. The van der Waals surface area contributed by atoms with Gasteiger partial charge in [0.2, 0.25) is 0 Å².